The summed E-state index contributed by atoms with van der Waals surface area (Å²) in [4.78, 5) is -0.0748. The van der Waals surface area contributed by atoms with Crippen molar-refractivity contribution in [1.29, 1.82) is 0 Å². The normalized spacial score (nSPS) is 11.8. The van der Waals surface area contributed by atoms with Crippen LogP contribution in [0, 0.1) is 6.92 Å². The lowest BCUT2D eigenvalue weighted by Gasteiger charge is -1.85. The highest BCUT2D eigenvalue weighted by Gasteiger charge is 2.16. The van der Waals surface area contributed by atoms with Crippen LogP contribution in [0.5, 0.6) is 0 Å². The fraction of sp³-hybridized carbons (Fsp3) is 0.250. The zero-order valence-electron chi connectivity index (χ0n) is 5.04. The van der Waals surface area contributed by atoms with Crippen LogP contribution in [0.25, 0.3) is 0 Å². The van der Waals surface area contributed by atoms with Crippen LogP contribution in [-0.2, 0) is 9.05 Å². The number of aryl methyl sites for hydroxylation is 1. The van der Waals surface area contributed by atoms with Gasteiger partial charge in [0.05, 0.1) is 0 Å². The summed E-state index contributed by atoms with van der Waals surface area (Å²) in [5.74, 6) is 0. The number of nitrogens with zero attached hydrogens (tertiary/aromatic N) is 1. The molecule has 4 nitrogen and oxygen atoms in total. The molecule has 6 heteroatoms. The molecule has 0 N–H and O–H groups in total. The number of aromatic nitrogens is 1. The molecule has 0 aliphatic carbocycles. The lowest BCUT2D eigenvalue weighted by Crippen LogP contribution is -1.89. The average Bonchev–Trinajstić information content (AvgIpc) is 2.11. The summed E-state index contributed by atoms with van der Waals surface area (Å²) in [6.07, 6.45) is 0.998. The Morgan fingerprint density at radius 3 is 2.50 bits per heavy atom. The van der Waals surface area contributed by atoms with Crippen LogP contribution in [0.2, 0.25) is 0 Å². The average molecular weight is 182 g/mol. The highest BCUT2D eigenvalue weighted by Crippen LogP contribution is 2.16. The third-order valence-corrected chi connectivity index (χ3v) is 2.38. The Kier molecular flexibility index (Phi) is 1.70. The highest BCUT2D eigenvalue weighted by molar-refractivity contribution is 8.13. The third-order valence-electron chi connectivity index (χ3n) is 0.969. The number of hydrogen-bond acceptors (Lipinski definition) is 4. The molecule has 1 aromatic rings. The first-order valence-electron chi connectivity index (χ1n) is 2.37. The van der Waals surface area contributed by atoms with Gasteiger partial charge in [-0.1, -0.05) is 5.16 Å². The van der Waals surface area contributed by atoms with E-state index in [0.29, 0.717) is 0 Å². The Morgan fingerprint density at radius 2 is 2.30 bits per heavy atom. The van der Waals surface area contributed by atoms with Crippen molar-refractivity contribution in [2.45, 2.75) is 11.8 Å². The Labute approximate surface area is 62.2 Å². The van der Waals surface area contributed by atoms with Crippen LogP contribution >= 0.6 is 10.7 Å². The van der Waals surface area contributed by atoms with Crippen molar-refractivity contribution in [2.75, 3.05) is 0 Å². The van der Waals surface area contributed by atoms with E-state index in [1.54, 1.807) is 0 Å². The molecule has 0 atom stereocenters. The Bertz CT molecular complexity index is 328. The summed E-state index contributed by atoms with van der Waals surface area (Å²) in [6.45, 7) is 1.50. The second-order valence-electron chi connectivity index (χ2n) is 1.70. The molecular weight excluding hydrogens is 178 g/mol. The van der Waals surface area contributed by atoms with Gasteiger partial charge in [-0.05, 0) is 6.92 Å². The van der Waals surface area contributed by atoms with Crippen molar-refractivity contribution in [3.63, 3.8) is 0 Å². The van der Waals surface area contributed by atoms with Gasteiger partial charge in [0, 0.05) is 10.7 Å². The zero-order chi connectivity index (χ0) is 7.78. The molecule has 0 aliphatic rings. The minimum absolute atomic E-state index is 0.0748. The fourth-order valence-electron chi connectivity index (χ4n) is 0.517. The lowest BCUT2D eigenvalue weighted by atomic mass is 10.5. The molecular formula is C4H4ClNO3S. The zero-order valence-corrected chi connectivity index (χ0v) is 6.61. The molecule has 56 valence electrons. The molecule has 0 amide bonds. The van der Waals surface area contributed by atoms with Crippen molar-refractivity contribution in [2.24, 2.45) is 0 Å². The largest absolute Gasteiger partial charge is 0.363 e. The Morgan fingerprint density at radius 1 is 1.70 bits per heavy atom. The molecule has 0 spiro atoms. The van der Waals surface area contributed by atoms with Crippen molar-refractivity contribution >= 4 is 19.7 Å². The van der Waals surface area contributed by atoms with E-state index in [-0.39, 0.29) is 10.6 Å². The highest BCUT2D eigenvalue weighted by atomic mass is 35.7. The van der Waals surface area contributed by atoms with Gasteiger partial charge in [0.25, 0.3) is 9.05 Å². The standard InChI is InChI=1S/C4H4ClNO3S/c1-3-4(2-9-6-3)10(5,7)8/h2H,1H3. The Hall–Kier alpha value is -0.550. The Balaban J connectivity index is 3.32. The summed E-state index contributed by atoms with van der Waals surface area (Å²) < 4.78 is 25.5. The maximum Gasteiger partial charge on any atom is 0.266 e. The topological polar surface area (TPSA) is 60.2 Å². The SMILES string of the molecule is Cc1nocc1S(=O)(=O)Cl. The molecule has 1 heterocycles. The van der Waals surface area contributed by atoms with Gasteiger partial charge in [0.15, 0.2) is 0 Å². The summed E-state index contributed by atoms with van der Waals surface area (Å²) in [7, 11) is 1.30. The van der Waals surface area contributed by atoms with E-state index in [2.05, 4.69) is 9.68 Å². The monoisotopic (exact) mass is 181 g/mol. The minimum atomic E-state index is -3.67. The van der Waals surface area contributed by atoms with Crippen LogP contribution in [0.1, 0.15) is 5.69 Å². The van der Waals surface area contributed by atoms with Crippen molar-refractivity contribution in [3.8, 4) is 0 Å². The molecule has 0 saturated carbocycles. The molecule has 0 unspecified atom stereocenters. The molecule has 1 rings (SSSR count). The van der Waals surface area contributed by atoms with E-state index in [1.165, 1.54) is 6.92 Å². The minimum Gasteiger partial charge on any atom is -0.363 e. The van der Waals surface area contributed by atoms with Crippen molar-refractivity contribution in [1.82, 2.24) is 5.16 Å². The van der Waals surface area contributed by atoms with E-state index in [0.717, 1.165) is 6.26 Å². The molecule has 10 heavy (non-hydrogen) atoms. The van der Waals surface area contributed by atoms with Crippen LogP contribution < -0.4 is 0 Å². The van der Waals surface area contributed by atoms with Gasteiger partial charge in [-0.25, -0.2) is 8.42 Å². The predicted octanol–water partition coefficient (Wildman–Crippen LogP) is 0.911. The first-order valence-corrected chi connectivity index (χ1v) is 4.68. The van der Waals surface area contributed by atoms with Gasteiger partial charge in [0.1, 0.15) is 16.9 Å². The third kappa shape index (κ3) is 1.30. The fourth-order valence-corrected chi connectivity index (χ4v) is 1.51. The second-order valence-corrected chi connectivity index (χ2v) is 4.24. The van der Waals surface area contributed by atoms with Gasteiger partial charge in [0.2, 0.25) is 0 Å². The molecule has 0 fully saturated rings. The van der Waals surface area contributed by atoms with Crippen molar-refractivity contribution in [3.05, 3.63) is 12.0 Å². The quantitative estimate of drug-likeness (QED) is 0.605. The first-order chi connectivity index (χ1) is 4.52. The molecule has 0 aromatic carbocycles. The van der Waals surface area contributed by atoms with Gasteiger partial charge in [-0.2, -0.15) is 0 Å². The van der Waals surface area contributed by atoms with Crippen LogP contribution in [0.3, 0.4) is 0 Å². The van der Waals surface area contributed by atoms with E-state index in [4.69, 9.17) is 10.7 Å². The van der Waals surface area contributed by atoms with E-state index in [9.17, 15) is 8.42 Å². The van der Waals surface area contributed by atoms with Gasteiger partial charge in [-0.15, -0.1) is 0 Å². The maximum absolute atomic E-state index is 10.6. The summed E-state index contributed by atoms with van der Waals surface area (Å²) >= 11 is 0. The molecule has 0 bridgehead atoms. The van der Waals surface area contributed by atoms with E-state index >= 15 is 0 Å². The summed E-state index contributed by atoms with van der Waals surface area (Å²) in [5, 5.41) is 3.34. The van der Waals surface area contributed by atoms with Gasteiger partial charge in [-0.3, -0.25) is 0 Å². The van der Waals surface area contributed by atoms with Crippen LogP contribution in [0.15, 0.2) is 15.7 Å². The molecule has 1 aromatic heterocycles. The van der Waals surface area contributed by atoms with Crippen molar-refractivity contribution < 1.29 is 12.9 Å². The van der Waals surface area contributed by atoms with Gasteiger partial charge >= 0.3 is 0 Å². The number of hydrogen-bond donors (Lipinski definition) is 0. The molecule has 0 radical (unpaired) electrons. The van der Waals surface area contributed by atoms with Crippen LogP contribution in [0.4, 0.5) is 0 Å². The predicted molar refractivity (Wildman–Crippen MR) is 34.3 cm³/mol. The van der Waals surface area contributed by atoms with E-state index < -0.39 is 9.05 Å². The summed E-state index contributed by atoms with van der Waals surface area (Å²) in [6, 6.07) is 0. The first kappa shape index (κ1) is 7.56. The smallest absolute Gasteiger partial charge is 0.266 e. The van der Waals surface area contributed by atoms with Gasteiger partial charge < -0.3 is 4.52 Å². The molecule has 0 saturated heterocycles. The van der Waals surface area contributed by atoms with Crippen LogP contribution in [-0.4, -0.2) is 13.6 Å². The lowest BCUT2D eigenvalue weighted by molar-refractivity contribution is 0.413. The second kappa shape index (κ2) is 2.25. The number of rotatable bonds is 1. The summed E-state index contributed by atoms with van der Waals surface area (Å²) in [5.41, 5.74) is 0.273. The number of halogens is 1. The molecule has 0 aliphatic heterocycles. The van der Waals surface area contributed by atoms with E-state index in [1.807, 2.05) is 0 Å². The maximum atomic E-state index is 10.6.